The maximum absolute atomic E-state index is 12.8. The predicted molar refractivity (Wildman–Crippen MR) is 102 cm³/mol. The zero-order chi connectivity index (χ0) is 19.1. The molecule has 7 heteroatoms. The van der Waals surface area contributed by atoms with Crippen molar-refractivity contribution in [3.8, 4) is 28.4 Å². The molecule has 0 atom stereocenters. The van der Waals surface area contributed by atoms with Crippen LogP contribution in [0.5, 0.6) is 17.2 Å². The topological polar surface area (TPSA) is 89.2 Å². The fourth-order valence-corrected chi connectivity index (χ4v) is 3.05. The van der Waals surface area contributed by atoms with E-state index in [1.807, 2.05) is 0 Å². The predicted octanol–water partition coefficient (Wildman–Crippen LogP) is 2.73. The van der Waals surface area contributed by atoms with Crippen molar-refractivity contribution < 1.29 is 9.84 Å². The number of rotatable bonds is 3. The van der Waals surface area contributed by atoms with Gasteiger partial charge in [0.2, 0.25) is 5.75 Å². The third kappa shape index (κ3) is 2.69. The summed E-state index contributed by atoms with van der Waals surface area (Å²) in [7, 11) is 3.27. The van der Waals surface area contributed by atoms with Crippen molar-refractivity contribution in [1.82, 2.24) is 14.1 Å². The normalized spacial score (nSPS) is 11.0. The number of phenolic OH excluding ortho intramolecular Hbond substituents is 1. The van der Waals surface area contributed by atoms with Crippen LogP contribution in [0.1, 0.15) is 0 Å². The number of pyridine rings is 2. The van der Waals surface area contributed by atoms with Crippen LogP contribution in [0.15, 0.2) is 64.6 Å². The van der Waals surface area contributed by atoms with Gasteiger partial charge in [0.25, 0.3) is 11.1 Å². The fourth-order valence-electron chi connectivity index (χ4n) is 3.05. The number of benzene rings is 1. The van der Waals surface area contributed by atoms with Crippen molar-refractivity contribution in [2.45, 2.75) is 0 Å². The number of hydrogen-bond donors (Lipinski definition) is 2. The van der Waals surface area contributed by atoms with Crippen LogP contribution in [-0.2, 0) is 14.1 Å². The summed E-state index contributed by atoms with van der Waals surface area (Å²) in [4.78, 5) is 28.0. The summed E-state index contributed by atoms with van der Waals surface area (Å²) in [6, 6.07) is 9.98. The number of ether oxygens (including phenoxy) is 1. The minimum atomic E-state index is -0.353. The molecule has 0 unspecified atom stereocenters. The Kier molecular flexibility index (Phi) is 3.84. The molecular weight excluding hydrogens is 346 g/mol. The molecule has 0 amide bonds. The van der Waals surface area contributed by atoms with Crippen LogP contribution < -0.4 is 15.9 Å². The van der Waals surface area contributed by atoms with E-state index in [1.165, 1.54) is 15.2 Å². The summed E-state index contributed by atoms with van der Waals surface area (Å²) < 4.78 is 8.67. The maximum atomic E-state index is 12.8. The molecule has 4 rings (SSSR count). The van der Waals surface area contributed by atoms with Crippen molar-refractivity contribution in [3.63, 3.8) is 0 Å². The SMILES string of the molecule is Cn1ccc(-c2cn(C)c(=O)c3[nH]ccc23)c(Oc2ccccc2O)c1=O. The molecule has 0 fully saturated rings. The Morgan fingerprint density at radius 2 is 1.74 bits per heavy atom. The van der Waals surface area contributed by atoms with E-state index in [0.717, 1.165) is 0 Å². The smallest absolute Gasteiger partial charge is 0.293 e. The zero-order valence-corrected chi connectivity index (χ0v) is 14.8. The maximum Gasteiger partial charge on any atom is 0.293 e. The molecule has 0 aliphatic heterocycles. The molecule has 3 heterocycles. The van der Waals surface area contributed by atoms with Gasteiger partial charge in [0.15, 0.2) is 11.5 Å². The number of aryl methyl sites for hydroxylation is 2. The van der Waals surface area contributed by atoms with Gasteiger partial charge in [-0.15, -0.1) is 0 Å². The number of fused-ring (bicyclic) bond motifs is 1. The van der Waals surface area contributed by atoms with Gasteiger partial charge in [0.05, 0.1) is 0 Å². The van der Waals surface area contributed by atoms with E-state index in [9.17, 15) is 14.7 Å². The van der Waals surface area contributed by atoms with Crippen LogP contribution in [0.2, 0.25) is 0 Å². The lowest BCUT2D eigenvalue weighted by molar-refractivity contribution is 0.407. The first-order chi connectivity index (χ1) is 13.0. The van der Waals surface area contributed by atoms with Crippen molar-refractivity contribution in [2.24, 2.45) is 14.1 Å². The van der Waals surface area contributed by atoms with Crippen molar-refractivity contribution >= 4 is 10.9 Å². The van der Waals surface area contributed by atoms with Gasteiger partial charge >= 0.3 is 0 Å². The Hall–Kier alpha value is -3.74. The highest BCUT2D eigenvalue weighted by Crippen LogP contribution is 2.36. The summed E-state index contributed by atoms with van der Waals surface area (Å²) in [5.74, 6) is 0.182. The highest BCUT2D eigenvalue weighted by molar-refractivity contribution is 5.95. The second kappa shape index (κ2) is 6.21. The molecule has 2 N–H and O–H groups in total. The van der Waals surface area contributed by atoms with Crippen molar-refractivity contribution in [3.05, 3.63) is 75.7 Å². The van der Waals surface area contributed by atoms with Crippen LogP contribution in [0.3, 0.4) is 0 Å². The number of nitrogens with one attached hydrogen (secondary N) is 1. The molecular formula is C20H17N3O4. The Morgan fingerprint density at radius 1 is 0.963 bits per heavy atom. The quantitative estimate of drug-likeness (QED) is 0.586. The van der Waals surface area contributed by atoms with Crippen LogP contribution in [0, 0.1) is 0 Å². The molecule has 0 aliphatic carbocycles. The van der Waals surface area contributed by atoms with Gasteiger partial charge in [-0.2, -0.15) is 0 Å². The highest BCUT2D eigenvalue weighted by atomic mass is 16.5. The third-order valence-electron chi connectivity index (χ3n) is 4.49. The molecule has 0 bridgehead atoms. The van der Waals surface area contributed by atoms with E-state index in [-0.39, 0.29) is 28.4 Å². The molecule has 0 saturated carbocycles. The Morgan fingerprint density at radius 3 is 2.52 bits per heavy atom. The number of hydrogen-bond acceptors (Lipinski definition) is 4. The van der Waals surface area contributed by atoms with Gasteiger partial charge in [-0.25, -0.2) is 0 Å². The van der Waals surface area contributed by atoms with Crippen LogP contribution in [0.25, 0.3) is 22.0 Å². The Labute approximate surface area is 153 Å². The number of aromatic hydroxyl groups is 1. The second-order valence-corrected chi connectivity index (χ2v) is 6.27. The molecule has 0 spiro atoms. The average Bonchev–Trinajstić information content (AvgIpc) is 3.14. The van der Waals surface area contributed by atoms with Gasteiger partial charge in [0.1, 0.15) is 5.52 Å². The van der Waals surface area contributed by atoms with Gasteiger partial charge in [-0.1, -0.05) is 12.1 Å². The molecule has 0 aliphatic rings. The van der Waals surface area contributed by atoms with E-state index in [4.69, 9.17) is 4.74 Å². The number of phenols is 1. The van der Waals surface area contributed by atoms with E-state index in [0.29, 0.717) is 22.0 Å². The van der Waals surface area contributed by atoms with Gasteiger partial charge in [0, 0.05) is 49.2 Å². The number of aromatic nitrogens is 3. The van der Waals surface area contributed by atoms with E-state index in [2.05, 4.69) is 4.98 Å². The average molecular weight is 363 g/mol. The zero-order valence-electron chi connectivity index (χ0n) is 14.8. The van der Waals surface area contributed by atoms with Gasteiger partial charge < -0.3 is 24.0 Å². The monoisotopic (exact) mass is 363 g/mol. The first-order valence-electron chi connectivity index (χ1n) is 8.30. The molecule has 0 saturated heterocycles. The molecule has 7 nitrogen and oxygen atoms in total. The first-order valence-corrected chi connectivity index (χ1v) is 8.30. The number of H-pyrrole nitrogens is 1. The largest absolute Gasteiger partial charge is 0.504 e. The van der Waals surface area contributed by atoms with Crippen LogP contribution in [-0.4, -0.2) is 19.2 Å². The molecule has 1 aromatic carbocycles. The summed E-state index contributed by atoms with van der Waals surface area (Å²) in [6.07, 6.45) is 4.99. The van der Waals surface area contributed by atoms with Gasteiger partial charge in [-0.3, -0.25) is 9.59 Å². The second-order valence-electron chi connectivity index (χ2n) is 6.27. The molecule has 4 aromatic rings. The summed E-state index contributed by atoms with van der Waals surface area (Å²) >= 11 is 0. The summed E-state index contributed by atoms with van der Waals surface area (Å²) in [6.45, 7) is 0. The molecule has 0 radical (unpaired) electrons. The van der Waals surface area contributed by atoms with Crippen LogP contribution >= 0.6 is 0 Å². The molecule has 27 heavy (non-hydrogen) atoms. The minimum absolute atomic E-state index is 0.0680. The lowest BCUT2D eigenvalue weighted by Crippen LogP contribution is -2.19. The van der Waals surface area contributed by atoms with Crippen LogP contribution in [0.4, 0.5) is 0 Å². The van der Waals surface area contributed by atoms with Gasteiger partial charge in [-0.05, 0) is 24.3 Å². The molecule has 3 aromatic heterocycles. The summed E-state index contributed by atoms with van der Waals surface area (Å²) in [5, 5.41) is 10.7. The summed E-state index contributed by atoms with van der Waals surface area (Å²) in [5.41, 5.74) is 1.14. The fraction of sp³-hybridized carbons (Fsp3) is 0.100. The Bertz CT molecular complexity index is 1280. The lowest BCUT2D eigenvalue weighted by Gasteiger charge is -2.14. The number of aromatic amines is 1. The highest BCUT2D eigenvalue weighted by Gasteiger charge is 2.18. The van der Waals surface area contributed by atoms with Crippen molar-refractivity contribution in [1.29, 1.82) is 0 Å². The van der Waals surface area contributed by atoms with E-state index in [1.54, 1.807) is 63.0 Å². The lowest BCUT2D eigenvalue weighted by atomic mass is 10.0. The standard InChI is InChI=1S/C20H17N3O4/c1-22-10-8-13(14-11-23(2)19(25)17-12(14)7-9-21-17)18(20(22)26)27-16-6-4-3-5-15(16)24/h3-11,21,24H,1-2H3. The first kappa shape index (κ1) is 16.7. The number of para-hydroxylation sites is 2. The Balaban J connectivity index is 2.01. The minimum Gasteiger partial charge on any atom is -0.504 e. The van der Waals surface area contributed by atoms with E-state index < -0.39 is 0 Å². The number of nitrogens with zero attached hydrogens (tertiary/aromatic N) is 2. The third-order valence-corrected chi connectivity index (χ3v) is 4.49. The van der Waals surface area contributed by atoms with E-state index >= 15 is 0 Å². The molecule has 136 valence electrons. The van der Waals surface area contributed by atoms with Crippen molar-refractivity contribution in [2.75, 3.05) is 0 Å².